The Bertz CT molecular complexity index is 584. The highest BCUT2D eigenvalue weighted by atomic mass is 16.6. The molecule has 0 aromatic heterocycles. The molecule has 0 unspecified atom stereocenters. The van der Waals surface area contributed by atoms with Crippen molar-refractivity contribution in [3.63, 3.8) is 0 Å². The van der Waals surface area contributed by atoms with Gasteiger partial charge in [0, 0.05) is 37.3 Å². The molecule has 1 fully saturated rings. The first-order valence-electron chi connectivity index (χ1n) is 7.43. The van der Waals surface area contributed by atoms with Crippen molar-refractivity contribution >= 4 is 17.7 Å². The Labute approximate surface area is 130 Å². The van der Waals surface area contributed by atoms with Crippen LogP contribution in [0.25, 0.3) is 6.08 Å². The zero-order valence-electron chi connectivity index (χ0n) is 12.9. The molecule has 118 valence electrons. The number of carbonyl (C=O) groups is 1. The molecule has 1 N–H and O–H groups in total. The van der Waals surface area contributed by atoms with Gasteiger partial charge < -0.3 is 5.32 Å². The van der Waals surface area contributed by atoms with Gasteiger partial charge in [0.15, 0.2) is 0 Å². The number of carbonyl (C=O) groups excluding carboxylic acids is 1. The van der Waals surface area contributed by atoms with Crippen molar-refractivity contribution < 1.29 is 9.72 Å². The molecular weight excluding hydrogens is 282 g/mol. The molecule has 0 spiro atoms. The third-order valence-electron chi connectivity index (χ3n) is 3.84. The van der Waals surface area contributed by atoms with Gasteiger partial charge in [-0.25, -0.2) is 0 Å². The standard InChI is InChI=1S/C16H21N3O3/c1-12(2)18-10-9-14(11-18)17-16(20)8-7-13-5-3-4-6-15(13)19(21)22/h3-8,12,14H,9-11H2,1-2H3,(H,17,20)/b8-7+/t14-/m0/s1. The summed E-state index contributed by atoms with van der Waals surface area (Å²) in [7, 11) is 0. The maximum absolute atomic E-state index is 11.9. The van der Waals surface area contributed by atoms with Gasteiger partial charge in [0.2, 0.25) is 5.91 Å². The quantitative estimate of drug-likeness (QED) is 0.514. The Morgan fingerprint density at radius 1 is 1.45 bits per heavy atom. The number of nitro groups is 1. The van der Waals surface area contributed by atoms with Crippen LogP contribution in [0.3, 0.4) is 0 Å². The summed E-state index contributed by atoms with van der Waals surface area (Å²) in [6.07, 6.45) is 3.78. The zero-order chi connectivity index (χ0) is 16.1. The number of nitro benzene ring substituents is 1. The summed E-state index contributed by atoms with van der Waals surface area (Å²) in [6, 6.07) is 6.98. The van der Waals surface area contributed by atoms with Crippen molar-refractivity contribution in [3.05, 3.63) is 46.0 Å². The lowest BCUT2D eigenvalue weighted by atomic mass is 10.1. The number of likely N-dealkylation sites (tertiary alicyclic amines) is 1. The summed E-state index contributed by atoms with van der Waals surface area (Å²) in [5.74, 6) is -0.214. The third kappa shape index (κ3) is 4.14. The fourth-order valence-electron chi connectivity index (χ4n) is 2.58. The molecule has 6 nitrogen and oxygen atoms in total. The summed E-state index contributed by atoms with van der Waals surface area (Å²) < 4.78 is 0. The van der Waals surface area contributed by atoms with E-state index in [1.165, 1.54) is 18.2 Å². The normalized spacial score (nSPS) is 19.0. The Morgan fingerprint density at radius 2 is 2.18 bits per heavy atom. The molecule has 0 bridgehead atoms. The van der Waals surface area contributed by atoms with Gasteiger partial charge >= 0.3 is 0 Å². The van der Waals surface area contributed by atoms with E-state index in [2.05, 4.69) is 24.1 Å². The molecule has 1 aromatic carbocycles. The van der Waals surface area contributed by atoms with E-state index in [1.54, 1.807) is 18.2 Å². The number of rotatable bonds is 5. The number of nitrogens with zero attached hydrogens (tertiary/aromatic N) is 2. The van der Waals surface area contributed by atoms with Crippen molar-refractivity contribution in [2.75, 3.05) is 13.1 Å². The molecule has 1 atom stereocenters. The fourth-order valence-corrected chi connectivity index (χ4v) is 2.58. The number of hydrogen-bond acceptors (Lipinski definition) is 4. The largest absolute Gasteiger partial charge is 0.348 e. The van der Waals surface area contributed by atoms with Crippen LogP contribution >= 0.6 is 0 Å². The van der Waals surface area contributed by atoms with Gasteiger partial charge in [0.25, 0.3) is 5.69 Å². The molecule has 0 aliphatic carbocycles. The summed E-state index contributed by atoms with van der Waals surface area (Å²) in [4.78, 5) is 24.7. The van der Waals surface area contributed by atoms with E-state index in [1.807, 2.05) is 0 Å². The van der Waals surface area contributed by atoms with E-state index < -0.39 is 4.92 Å². The topological polar surface area (TPSA) is 75.5 Å². The van der Waals surface area contributed by atoms with Gasteiger partial charge in [-0.2, -0.15) is 0 Å². The molecule has 1 amide bonds. The van der Waals surface area contributed by atoms with Gasteiger partial charge in [0.05, 0.1) is 10.5 Å². The van der Waals surface area contributed by atoms with Crippen molar-refractivity contribution in [2.45, 2.75) is 32.4 Å². The van der Waals surface area contributed by atoms with E-state index in [4.69, 9.17) is 0 Å². The molecule has 1 heterocycles. The summed E-state index contributed by atoms with van der Waals surface area (Å²) in [5, 5.41) is 13.9. The molecule has 1 saturated heterocycles. The summed E-state index contributed by atoms with van der Waals surface area (Å²) >= 11 is 0. The summed E-state index contributed by atoms with van der Waals surface area (Å²) in [5.41, 5.74) is 0.427. The predicted molar refractivity (Wildman–Crippen MR) is 85.4 cm³/mol. The first-order valence-corrected chi connectivity index (χ1v) is 7.43. The molecular formula is C16H21N3O3. The number of benzene rings is 1. The maximum Gasteiger partial charge on any atom is 0.276 e. The van der Waals surface area contributed by atoms with Crippen LogP contribution in [0.15, 0.2) is 30.3 Å². The lowest BCUT2D eigenvalue weighted by Crippen LogP contribution is -2.37. The highest BCUT2D eigenvalue weighted by molar-refractivity contribution is 5.92. The monoisotopic (exact) mass is 303 g/mol. The Hall–Kier alpha value is -2.21. The minimum atomic E-state index is -0.449. The van der Waals surface area contributed by atoms with E-state index >= 15 is 0 Å². The van der Waals surface area contributed by atoms with Crippen molar-refractivity contribution in [1.82, 2.24) is 10.2 Å². The molecule has 1 aromatic rings. The molecule has 22 heavy (non-hydrogen) atoms. The van der Waals surface area contributed by atoms with Crippen LogP contribution in [0.4, 0.5) is 5.69 Å². The Morgan fingerprint density at radius 3 is 2.82 bits per heavy atom. The van der Waals surface area contributed by atoms with Crippen molar-refractivity contribution in [2.24, 2.45) is 0 Å². The smallest absolute Gasteiger partial charge is 0.276 e. The SMILES string of the molecule is CC(C)N1CC[C@H](NC(=O)/C=C/c2ccccc2[N+](=O)[O-])C1. The predicted octanol–water partition coefficient (Wildman–Crippen LogP) is 2.21. The third-order valence-corrected chi connectivity index (χ3v) is 3.84. The van der Waals surface area contributed by atoms with Crippen LogP contribution in [-0.2, 0) is 4.79 Å². The van der Waals surface area contributed by atoms with Gasteiger partial charge in [-0.15, -0.1) is 0 Å². The lowest BCUT2D eigenvalue weighted by Gasteiger charge is -2.20. The van der Waals surface area contributed by atoms with Crippen molar-refractivity contribution in [1.29, 1.82) is 0 Å². The van der Waals surface area contributed by atoms with Gasteiger partial charge in [-0.3, -0.25) is 19.8 Å². The zero-order valence-corrected chi connectivity index (χ0v) is 12.9. The van der Waals surface area contributed by atoms with E-state index in [0.29, 0.717) is 11.6 Å². The average molecular weight is 303 g/mol. The molecule has 0 radical (unpaired) electrons. The minimum absolute atomic E-state index is 0.00148. The fraction of sp³-hybridized carbons (Fsp3) is 0.438. The average Bonchev–Trinajstić information content (AvgIpc) is 2.94. The second-order valence-electron chi connectivity index (χ2n) is 5.73. The van der Waals surface area contributed by atoms with Gasteiger partial charge in [-0.05, 0) is 32.4 Å². The lowest BCUT2D eigenvalue weighted by molar-refractivity contribution is -0.385. The van der Waals surface area contributed by atoms with Crippen LogP contribution in [0.5, 0.6) is 0 Å². The highest BCUT2D eigenvalue weighted by Crippen LogP contribution is 2.19. The highest BCUT2D eigenvalue weighted by Gasteiger charge is 2.24. The maximum atomic E-state index is 11.9. The second kappa shape index (κ2) is 7.17. The molecule has 1 aliphatic rings. The molecule has 1 aliphatic heterocycles. The van der Waals surface area contributed by atoms with Crippen LogP contribution in [0.2, 0.25) is 0 Å². The Balaban J connectivity index is 1.94. The molecule has 2 rings (SSSR count). The first-order chi connectivity index (χ1) is 10.5. The van der Waals surface area contributed by atoms with E-state index in [0.717, 1.165) is 19.5 Å². The first kappa shape index (κ1) is 16.2. The van der Waals surface area contributed by atoms with E-state index in [-0.39, 0.29) is 17.6 Å². The van der Waals surface area contributed by atoms with Crippen LogP contribution in [0.1, 0.15) is 25.8 Å². The number of nitrogens with one attached hydrogen (secondary N) is 1. The molecule has 6 heteroatoms. The van der Waals surface area contributed by atoms with Gasteiger partial charge in [0.1, 0.15) is 0 Å². The van der Waals surface area contributed by atoms with Crippen molar-refractivity contribution in [3.8, 4) is 0 Å². The second-order valence-corrected chi connectivity index (χ2v) is 5.73. The number of hydrogen-bond donors (Lipinski definition) is 1. The van der Waals surface area contributed by atoms with Crippen LogP contribution < -0.4 is 5.32 Å². The van der Waals surface area contributed by atoms with Gasteiger partial charge in [-0.1, -0.05) is 12.1 Å². The molecule has 0 saturated carbocycles. The van der Waals surface area contributed by atoms with E-state index in [9.17, 15) is 14.9 Å². The Kier molecular flexibility index (Phi) is 5.27. The minimum Gasteiger partial charge on any atom is -0.348 e. The van der Waals surface area contributed by atoms with Crippen LogP contribution in [-0.4, -0.2) is 40.9 Å². The number of amides is 1. The van der Waals surface area contributed by atoms with Crippen LogP contribution in [0, 0.1) is 10.1 Å². The summed E-state index contributed by atoms with van der Waals surface area (Å²) in [6.45, 7) is 6.11. The number of para-hydroxylation sites is 1.